The molecular weight excluding hydrogens is 306 g/mol. The van der Waals surface area contributed by atoms with Crippen LogP contribution in [0.1, 0.15) is 42.6 Å². The molecule has 0 saturated carbocycles. The summed E-state index contributed by atoms with van der Waals surface area (Å²) in [6.45, 7) is 8.73. The number of benzene rings is 1. The molecule has 0 fully saturated rings. The van der Waals surface area contributed by atoms with Crippen LogP contribution in [0.5, 0.6) is 0 Å². The van der Waals surface area contributed by atoms with Crippen molar-refractivity contribution in [3.63, 3.8) is 0 Å². The molecule has 2 rings (SSSR count). The van der Waals surface area contributed by atoms with E-state index in [9.17, 15) is 0 Å². The van der Waals surface area contributed by atoms with Gasteiger partial charge in [0.15, 0.2) is 0 Å². The first-order valence-corrected chi connectivity index (χ1v) is 6.83. The molecule has 0 aliphatic carbocycles. The van der Waals surface area contributed by atoms with Crippen molar-refractivity contribution in [1.29, 1.82) is 0 Å². The molecule has 3 heteroatoms. The molecule has 0 bridgehead atoms. The van der Waals surface area contributed by atoms with E-state index in [0.29, 0.717) is 0 Å². The summed E-state index contributed by atoms with van der Waals surface area (Å²) in [7, 11) is 0. The number of halogens is 1. The van der Waals surface area contributed by atoms with Crippen LogP contribution in [0.3, 0.4) is 0 Å². The zero-order chi connectivity index (χ0) is 12.5. The Kier molecular flexibility index (Phi) is 5.11. The lowest BCUT2D eigenvalue weighted by atomic mass is 9.93. The van der Waals surface area contributed by atoms with Crippen molar-refractivity contribution in [2.75, 3.05) is 0 Å². The smallest absolute Gasteiger partial charge is 0.0972 e. The van der Waals surface area contributed by atoms with Gasteiger partial charge in [0.2, 0.25) is 0 Å². The highest BCUT2D eigenvalue weighted by Gasteiger charge is 2.17. The fourth-order valence-electron chi connectivity index (χ4n) is 1.62. The number of nitrogens with zero attached hydrogens (tertiary/aromatic N) is 1. The van der Waals surface area contributed by atoms with Crippen molar-refractivity contribution in [3.05, 3.63) is 51.5 Å². The van der Waals surface area contributed by atoms with Crippen molar-refractivity contribution < 1.29 is 17.0 Å². The maximum absolute atomic E-state index is 4.72. The van der Waals surface area contributed by atoms with Crippen molar-refractivity contribution in [2.45, 2.75) is 39.5 Å². The van der Waals surface area contributed by atoms with E-state index in [-0.39, 0.29) is 22.4 Å². The molecule has 0 amide bonds. The number of hydrogen-bond donors (Lipinski definition) is 0. The zero-order valence-electron chi connectivity index (χ0n) is 11.3. The second kappa shape index (κ2) is 5.98. The monoisotopic (exact) mass is 324 g/mol. The molecule has 18 heavy (non-hydrogen) atoms. The Balaban J connectivity index is 0.00000162. The van der Waals surface area contributed by atoms with Gasteiger partial charge in [-0.1, -0.05) is 50.6 Å². The Morgan fingerprint density at radius 2 is 1.72 bits per heavy atom. The molecule has 98 valence electrons. The van der Waals surface area contributed by atoms with Gasteiger partial charge in [-0.15, -0.1) is 11.3 Å². The van der Waals surface area contributed by atoms with Crippen LogP contribution in [-0.4, -0.2) is 4.98 Å². The van der Waals surface area contributed by atoms with Crippen LogP contribution in [0, 0.1) is 6.92 Å². The van der Waals surface area contributed by atoms with E-state index in [2.05, 4.69) is 57.3 Å². The normalized spacial score (nSPS) is 11.1. The highest BCUT2D eigenvalue weighted by molar-refractivity contribution is 7.09. The Bertz CT molecular complexity index is 494. The molecule has 0 radical (unpaired) electrons. The zero-order valence-corrected chi connectivity index (χ0v) is 13.7. The molecule has 1 aromatic heterocycles. The third kappa shape index (κ3) is 3.92. The average Bonchev–Trinajstić information content (AvgIpc) is 2.69. The predicted molar refractivity (Wildman–Crippen MR) is 74.8 cm³/mol. The van der Waals surface area contributed by atoms with Gasteiger partial charge in [0, 0.05) is 17.2 Å². The molecule has 0 atom stereocenters. The number of aromatic nitrogens is 1. The van der Waals surface area contributed by atoms with Gasteiger partial charge in [-0.05, 0) is 12.5 Å². The third-order valence-electron chi connectivity index (χ3n) is 2.80. The van der Waals surface area contributed by atoms with Crippen LogP contribution in [-0.2, 0) is 11.8 Å². The second-order valence-electron chi connectivity index (χ2n) is 5.54. The lowest BCUT2D eigenvalue weighted by Crippen LogP contribution is -3.00. The molecule has 1 heterocycles. The highest BCUT2D eigenvalue weighted by Crippen LogP contribution is 2.25. The molecule has 1 nitrogen and oxygen atoms in total. The van der Waals surface area contributed by atoms with Crippen LogP contribution in [0.15, 0.2) is 29.6 Å². The first-order chi connectivity index (χ1) is 7.95. The minimum absolute atomic E-state index is 0. The number of hydrogen-bond acceptors (Lipinski definition) is 2. The molecule has 0 aliphatic rings. The van der Waals surface area contributed by atoms with E-state index >= 15 is 0 Å². The molecule has 2 aromatic rings. The lowest BCUT2D eigenvalue weighted by Gasteiger charge is -2.14. The summed E-state index contributed by atoms with van der Waals surface area (Å²) in [5.74, 6) is 0. The van der Waals surface area contributed by atoms with Crippen molar-refractivity contribution in [2.24, 2.45) is 0 Å². The average molecular weight is 325 g/mol. The molecule has 0 spiro atoms. The minimum atomic E-state index is 0. The Morgan fingerprint density at radius 3 is 2.22 bits per heavy atom. The van der Waals surface area contributed by atoms with Crippen LogP contribution in [0.25, 0.3) is 0 Å². The van der Waals surface area contributed by atoms with E-state index in [1.807, 2.05) is 0 Å². The summed E-state index contributed by atoms with van der Waals surface area (Å²) in [5.41, 5.74) is 4.00. The summed E-state index contributed by atoms with van der Waals surface area (Å²) in [6.07, 6.45) is 0.945. The van der Waals surface area contributed by atoms with Crippen LogP contribution in [0.4, 0.5) is 0 Å². The van der Waals surface area contributed by atoms with Gasteiger partial charge in [-0.25, -0.2) is 4.98 Å². The van der Waals surface area contributed by atoms with Gasteiger partial charge in [0.25, 0.3) is 0 Å². The molecule has 0 N–H and O–H groups in total. The fourth-order valence-corrected chi connectivity index (χ4v) is 2.67. The first-order valence-electron chi connectivity index (χ1n) is 5.95. The first kappa shape index (κ1) is 15.4. The summed E-state index contributed by atoms with van der Waals surface area (Å²) >= 11 is 1.76. The maximum atomic E-state index is 4.72. The predicted octanol–water partition coefficient (Wildman–Crippen LogP) is 1.34. The van der Waals surface area contributed by atoms with Gasteiger partial charge in [0.1, 0.15) is 0 Å². The fraction of sp³-hybridized carbons (Fsp3) is 0.400. The van der Waals surface area contributed by atoms with Crippen molar-refractivity contribution >= 4 is 11.3 Å². The quantitative estimate of drug-likeness (QED) is 0.812. The molecule has 0 unspecified atom stereocenters. The summed E-state index contributed by atoms with van der Waals surface area (Å²) in [4.78, 5) is 4.72. The second-order valence-corrected chi connectivity index (χ2v) is 6.48. The number of aryl methyl sites for hydroxylation is 1. The summed E-state index contributed by atoms with van der Waals surface area (Å²) < 4.78 is 0. The standard InChI is InChI=1S/C15H19NS.BrH/c1-11-5-7-12(8-6-11)9-14-16-13(10-17-14)15(2,3)4;/h5-8,10H,9H2,1-4H3;1H/p-1. The molecular formula is C15H19BrNS-. The summed E-state index contributed by atoms with van der Waals surface area (Å²) in [5, 5.41) is 3.39. The SMILES string of the molecule is Cc1ccc(Cc2nc(C(C)(C)C)cs2)cc1.[Br-]. The van der Waals surface area contributed by atoms with Gasteiger partial charge in [0.05, 0.1) is 10.7 Å². The van der Waals surface area contributed by atoms with E-state index in [1.54, 1.807) is 11.3 Å². The lowest BCUT2D eigenvalue weighted by molar-refractivity contribution is -0.00000401. The van der Waals surface area contributed by atoms with Gasteiger partial charge in [-0.2, -0.15) is 0 Å². The highest BCUT2D eigenvalue weighted by atomic mass is 79.9. The van der Waals surface area contributed by atoms with Crippen LogP contribution in [0.2, 0.25) is 0 Å². The number of thiazole rings is 1. The Hall–Kier alpha value is -0.670. The Labute approximate surface area is 124 Å². The van der Waals surface area contributed by atoms with E-state index in [0.717, 1.165) is 6.42 Å². The van der Waals surface area contributed by atoms with Gasteiger partial charge in [-0.3, -0.25) is 0 Å². The van der Waals surface area contributed by atoms with Crippen molar-refractivity contribution in [1.82, 2.24) is 4.98 Å². The topological polar surface area (TPSA) is 12.9 Å². The number of rotatable bonds is 2. The Morgan fingerprint density at radius 1 is 1.11 bits per heavy atom. The molecule has 0 saturated heterocycles. The third-order valence-corrected chi connectivity index (χ3v) is 3.64. The minimum Gasteiger partial charge on any atom is -1.00 e. The van der Waals surface area contributed by atoms with Crippen LogP contribution >= 0.6 is 11.3 Å². The van der Waals surface area contributed by atoms with Crippen LogP contribution < -0.4 is 17.0 Å². The van der Waals surface area contributed by atoms with Gasteiger partial charge < -0.3 is 17.0 Å². The largest absolute Gasteiger partial charge is 1.00 e. The van der Waals surface area contributed by atoms with E-state index < -0.39 is 0 Å². The van der Waals surface area contributed by atoms with Gasteiger partial charge >= 0.3 is 0 Å². The summed E-state index contributed by atoms with van der Waals surface area (Å²) in [6, 6.07) is 8.70. The van der Waals surface area contributed by atoms with E-state index in [4.69, 9.17) is 4.98 Å². The van der Waals surface area contributed by atoms with E-state index in [1.165, 1.54) is 21.8 Å². The maximum Gasteiger partial charge on any atom is 0.0972 e. The molecule has 1 aromatic carbocycles. The van der Waals surface area contributed by atoms with Crippen molar-refractivity contribution in [3.8, 4) is 0 Å². The molecule has 0 aliphatic heterocycles.